The Morgan fingerprint density at radius 3 is 2.52 bits per heavy atom. The van der Waals surface area contributed by atoms with Gasteiger partial charge in [-0.15, -0.1) is 0 Å². The summed E-state index contributed by atoms with van der Waals surface area (Å²) in [7, 11) is 0. The van der Waals surface area contributed by atoms with Crippen LogP contribution in [0.3, 0.4) is 0 Å². The zero-order valence-electron chi connectivity index (χ0n) is 11.6. The quantitative estimate of drug-likeness (QED) is 0.572. The van der Waals surface area contributed by atoms with Gasteiger partial charge in [-0.05, 0) is 23.8 Å². The van der Waals surface area contributed by atoms with Crippen molar-refractivity contribution in [2.24, 2.45) is 0 Å². The van der Waals surface area contributed by atoms with Gasteiger partial charge in [0.25, 0.3) is 0 Å². The van der Waals surface area contributed by atoms with Gasteiger partial charge < -0.3 is 5.32 Å². The molecular formula is C14H12ClF3N4S. The molecule has 23 heavy (non-hydrogen) atoms. The van der Waals surface area contributed by atoms with Crippen molar-refractivity contribution >= 4 is 34.7 Å². The molecule has 0 bridgehead atoms. The number of benzene rings is 1. The Labute approximate surface area is 141 Å². The fraction of sp³-hybridized carbons (Fsp3) is 0.143. The van der Waals surface area contributed by atoms with Crippen LogP contribution in [0.4, 0.5) is 19.0 Å². The van der Waals surface area contributed by atoms with E-state index in [2.05, 4.69) is 21.2 Å². The zero-order chi connectivity index (χ0) is 16.9. The van der Waals surface area contributed by atoms with Crippen LogP contribution in [0.25, 0.3) is 0 Å². The monoisotopic (exact) mass is 360 g/mol. The lowest BCUT2D eigenvalue weighted by Gasteiger charge is -2.14. The summed E-state index contributed by atoms with van der Waals surface area (Å²) in [6, 6.07) is 10.4. The van der Waals surface area contributed by atoms with Crippen LogP contribution < -0.4 is 16.2 Å². The van der Waals surface area contributed by atoms with Crippen molar-refractivity contribution in [3.8, 4) is 0 Å². The lowest BCUT2D eigenvalue weighted by Crippen LogP contribution is -2.38. The molecule has 0 saturated heterocycles. The number of halogens is 4. The Balaban J connectivity index is 1.87. The number of anilines is 1. The summed E-state index contributed by atoms with van der Waals surface area (Å²) in [5.41, 5.74) is 5.29. The summed E-state index contributed by atoms with van der Waals surface area (Å²) in [6.07, 6.45) is -3.80. The predicted octanol–water partition coefficient (Wildman–Crippen LogP) is 3.75. The fourth-order valence-electron chi connectivity index (χ4n) is 1.62. The Bertz CT molecular complexity index is 679. The van der Waals surface area contributed by atoms with Crippen LogP contribution >= 0.6 is 23.8 Å². The van der Waals surface area contributed by atoms with E-state index in [1.54, 1.807) is 0 Å². The number of hydrogen-bond donors (Lipinski definition) is 3. The molecule has 0 unspecified atom stereocenters. The number of aromatic nitrogens is 1. The summed E-state index contributed by atoms with van der Waals surface area (Å²) in [5, 5.41) is 3.02. The number of thiocarbonyl (C=S) groups is 1. The molecule has 4 nitrogen and oxygen atoms in total. The van der Waals surface area contributed by atoms with Crippen LogP contribution in [0, 0.1) is 0 Å². The number of rotatable bonds is 4. The number of alkyl halides is 3. The van der Waals surface area contributed by atoms with E-state index >= 15 is 0 Å². The number of hydrazine groups is 1. The SMILES string of the molecule is FC(F)(F)c1cnc(NNC(=S)NCc2ccccc2)c(Cl)c1. The minimum Gasteiger partial charge on any atom is -0.357 e. The fourth-order valence-corrected chi connectivity index (χ4v) is 1.96. The maximum Gasteiger partial charge on any atom is 0.417 e. The smallest absolute Gasteiger partial charge is 0.357 e. The van der Waals surface area contributed by atoms with Crippen molar-refractivity contribution < 1.29 is 13.2 Å². The minimum absolute atomic E-state index is 0.0449. The minimum atomic E-state index is -4.49. The van der Waals surface area contributed by atoms with Crippen LogP contribution in [-0.2, 0) is 12.7 Å². The largest absolute Gasteiger partial charge is 0.417 e. The van der Waals surface area contributed by atoms with E-state index in [0.717, 1.165) is 11.6 Å². The van der Waals surface area contributed by atoms with Crippen molar-refractivity contribution in [3.05, 3.63) is 58.7 Å². The van der Waals surface area contributed by atoms with Gasteiger partial charge in [0, 0.05) is 12.7 Å². The van der Waals surface area contributed by atoms with E-state index in [4.69, 9.17) is 23.8 Å². The Hall–Kier alpha value is -2.06. The Morgan fingerprint density at radius 2 is 1.91 bits per heavy atom. The molecule has 0 spiro atoms. The van der Waals surface area contributed by atoms with E-state index in [0.29, 0.717) is 12.7 Å². The maximum atomic E-state index is 12.5. The molecule has 1 aromatic carbocycles. The van der Waals surface area contributed by atoms with E-state index < -0.39 is 11.7 Å². The second kappa shape index (κ2) is 7.47. The van der Waals surface area contributed by atoms with Gasteiger partial charge in [-0.1, -0.05) is 41.9 Å². The second-order valence-corrected chi connectivity index (χ2v) is 5.29. The van der Waals surface area contributed by atoms with Gasteiger partial charge in [0.1, 0.15) is 0 Å². The van der Waals surface area contributed by atoms with Crippen molar-refractivity contribution in [2.45, 2.75) is 12.7 Å². The highest BCUT2D eigenvalue weighted by Crippen LogP contribution is 2.32. The molecule has 0 aliphatic carbocycles. The van der Waals surface area contributed by atoms with Crippen LogP contribution in [0.1, 0.15) is 11.1 Å². The first kappa shape index (κ1) is 17.3. The number of nitrogens with one attached hydrogen (secondary N) is 3. The standard InChI is InChI=1S/C14H12ClF3N4S/c15-11-6-10(14(16,17)18)8-19-12(11)21-22-13(23)20-7-9-4-2-1-3-5-9/h1-6,8H,7H2,(H,19,21)(H2,20,22,23). The molecule has 0 aliphatic rings. The van der Waals surface area contributed by atoms with Crippen molar-refractivity contribution in [3.63, 3.8) is 0 Å². The van der Waals surface area contributed by atoms with E-state index in [9.17, 15) is 13.2 Å². The number of hydrogen-bond acceptors (Lipinski definition) is 3. The van der Waals surface area contributed by atoms with Crippen LogP contribution in [0.2, 0.25) is 5.02 Å². The van der Waals surface area contributed by atoms with Crippen molar-refractivity contribution in [1.29, 1.82) is 0 Å². The number of nitrogens with zero attached hydrogens (tertiary/aromatic N) is 1. The van der Waals surface area contributed by atoms with Crippen molar-refractivity contribution in [1.82, 2.24) is 15.7 Å². The molecule has 1 aromatic heterocycles. The lowest BCUT2D eigenvalue weighted by molar-refractivity contribution is -0.137. The van der Waals surface area contributed by atoms with Gasteiger partial charge in [0.2, 0.25) is 0 Å². The molecule has 2 rings (SSSR count). The molecule has 0 radical (unpaired) electrons. The average molecular weight is 361 g/mol. The average Bonchev–Trinajstić information content (AvgIpc) is 2.51. The molecule has 0 saturated carbocycles. The molecule has 0 atom stereocenters. The van der Waals surface area contributed by atoms with Crippen molar-refractivity contribution in [2.75, 3.05) is 5.43 Å². The van der Waals surface area contributed by atoms with Gasteiger partial charge in [-0.25, -0.2) is 4.98 Å². The molecule has 1 heterocycles. The summed E-state index contributed by atoms with van der Waals surface area (Å²) >= 11 is 10.8. The summed E-state index contributed by atoms with van der Waals surface area (Å²) < 4.78 is 37.5. The third-order valence-corrected chi connectivity index (χ3v) is 3.29. The molecule has 122 valence electrons. The summed E-state index contributed by atoms with van der Waals surface area (Å²) in [5.74, 6) is 0.0449. The van der Waals surface area contributed by atoms with E-state index in [-0.39, 0.29) is 16.0 Å². The highest BCUT2D eigenvalue weighted by molar-refractivity contribution is 7.80. The second-order valence-electron chi connectivity index (χ2n) is 4.47. The van der Waals surface area contributed by atoms with Crippen LogP contribution in [0.5, 0.6) is 0 Å². The Morgan fingerprint density at radius 1 is 1.22 bits per heavy atom. The summed E-state index contributed by atoms with van der Waals surface area (Å²) in [4.78, 5) is 3.62. The lowest BCUT2D eigenvalue weighted by atomic mass is 10.2. The third kappa shape index (κ3) is 5.26. The molecule has 2 aromatic rings. The molecule has 0 fully saturated rings. The van der Waals surface area contributed by atoms with E-state index in [1.807, 2.05) is 30.3 Å². The first-order chi connectivity index (χ1) is 10.9. The van der Waals surface area contributed by atoms with E-state index in [1.165, 1.54) is 0 Å². The molecular weight excluding hydrogens is 349 g/mol. The molecule has 0 aliphatic heterocycles. The zero-order valence-corrected chi connectivity index (χ0v) is 13.2. The Kier molecular flexibility index (Phi) is 5.62. The topological polar surface area (TPSA) is 49.0 Å². The first-order valence-corrected chi connectivity index (χ1v) is 7.21. The van der Waals surface area contributed by atoms with Crippen LogP contribution in [0.15, 0.2) is 42.6 Å². The first-order valence-electron chi connectivity index (χ1n) is 6.43. The van der Waals surface area contributed by atoms with Gasteiger partial charge in [0.15, 0.2) is 10.9 Å². The van der Waals surface area contributed by atoms with Gasteiger partial charge in [0.05, 0.1) is 10.6 Å². The maximum absolute atomic E-state index is 12.5. The predicted molar refractivity (Wildman–Crippen MR) is 86.9 cm³/mol. The number of pyridine rings is 1. The highest BCUT2D eigenvalue weighted by Gasteiger charge is 2.31. The highest BCUT2D eigenvalue weighted by atomic mass is 35.5. The van der Waals surface area contributed by atoms with Gasteiger partial charge >= 0.3 is 6.18 Å². The van der Waals surface area contributed by atoms with Gasteiger partial charge in [-0.2, -0.15) is 13.2 Å². The third-order valence-electron chi connectivity index (χ3n) is 2.76. The summed E-state index contributed by atoms with van der Waals surface area (Å²) in [6.45, 7) is 0.503. The molecule has 0 amide bonds. The van der Waals surface area contributed by atoms with Crippen LogP contribution in [-0.4, -0.2) is 10.1 Å². The normalized spacial score (nSPS) is 11.0. The molecule has 3 N–H and O–H groups in total. The van der Waals surface area contributed by atoms with Gasteiger partial charge in [-0.3, -0.25) is 10.9 Å². The molecule has 9 heteroatoms.